The second kappa shape index (κ2) is 2.73. The number of benzene rings is 1. The third-order valence-electron chi connectivity index (χ3n) is 2.78. The van der Waals surface area contributed by atoms with Crippen LogP contribution >= 0.6 is 0 Å². The smallest absolute Gasteiger partial charge is 0.0670 e. The van der Waals surface area contributed by atoms with Gasteiger partial charge in [-0.2, -0.15) is 5.10 Å². The Labute approximate surface area is 86.5 Å². The highest BCUT2D eigenvalue weighted by Crippen LogP contribution is 2.23. The molecule has 0 aliphatic carbocycles. The zero-order valence-corrected chi connectivity index (χ0v) is 8.46. The molecule has 1 aromatic carbocycles. The van der Waals surface area contributed by atoms with E-state index in [-0.39, 0.29) is 0 Å². The zero-order valence-electron chi connectivity index (χ0n) is 8.46. The minimum absolute atomic E-state index is 0.846. The van der Waals surface area contributed by atoms with E-state index in [9.17, 15) is 0 Å². The molecule has 3 aromatic rings. The first-order valence-corrected chi connectivity index (χ1v) is 4.87. The van der Waals surface area contributed by atoms with E-state index in [0.717, 1.165) is 27.3 Å². The number of aryl methyl sites for hydroxylation is 1. The van der Waals surface area contributed by atoms with Crippen LogP contribution < -0.4 is 5.35 Å². The van der Waals surface area contributed by atoms with Crippen LogP contribution in [0.25, 0.3) is 28.3 Å². The fraction of sp³-hybridized carbons (Fsp3) is 0.0833. The Kier molecular flexibility index (Phi) is 1.51. The van der Waals surface area contributed by atoms with E-state index in [1.165, 1.54) is 5.39 Å². The number of rotatable bonds is 0. The Balaban J connectivity index is 2.82. The van der Waals surface area contributed by atoms with Crippen molar-refractivity contribution in [3.05, 3.63) is 35.4 Å². The van der Waals surface area contributed by atoms with E-state index in [2.05, 4.69) is 33.9 Å². The van der Waals surface area contributed by atoms with Crippen LogP contribution in [0.1, 0.15) is 5.69 Å². The van der Waals surface area contributed by atoms with Gasteiger partial charge in [0.15, 0.2) is 0 Å². The van der Waals surface area contributed by atoms with Crippen molar-refractivity contribution < 1.29 is 0 Å². The number of H-pyrrole nitrogens is 2. The van der Waals surface area contributed by atoms with Crippen molar-refractivity contribution in [2.75, 3.05) is 0 Å². The highest BCUT2D eigenvalue weighted by atomic mass is 15.1. The van der Waals surface area contributed by atoms with Gasteiger partial charge in [0.05, 0.1) is 11.0 Å². The van der Waals surface area contributed by atoms with E-state index < -0.39 is 0 Å². The number of nitrogens with one attached hydrogen (secondary N) is 2. The normalized spacial score (nSPS) is 11.3. The zero-order chi connectivity index (χ0) is 10.4. The van der Waals surface area contributed by atoms with E-state index in [0.29, 0.717) is 0 Å². The second-order valence-corrected chi connectivity index (χ2v) is 3.72. The highest BCUT2D eigenvalue weighted by Gasteiger charge is 2.05. The molecule has 0 aliphatic rings. The highest BCUT2D eigenvalue weighted by molar-refractivity contribution is 6.09. The number of nitrogens with zero attached hydrogens (tertiary/aromatic N) is 1. The first-order valence-electron chi connectivity index (χ1n) is 4.87. The molecule has 0 saturated carbocycles. The number of hydrogen-bond donors (Lipinski definition) is 2. The molecule has 0 atom stereocenters. The molecular formula is C12H11N3. The van der Waals surface area contributed by atoms with Crippen molar-refractivity contribution in [1.29, 1.82) is 0 Å². The van der Waals surface area contributed by atoms with E-state index in [1.54, 1.807) is 0 Å². The van der Waals surface area contributed by atoms with Crippen molar-refractivity contribution in [2.45, 2.75) is 6.92 Å². The quantitative estimate of drug-likeness (QED) is 0.569. The summed E-state index contributed by atoms with van der Waals surface area (Å²) in [6, 6.07) is 6.14. The van der Waals surface area contributed by atoms with Crippen LogP contribution in [0, 0.1) is 6.92 Å². The lowest BCUT2D eigenvalue weighted by atomic mass is 10.1. The SMILES string of the molecule is C=c1[nH]nc(C)c2c[nH]c3cccc1c32. The molecule has 3 heteroatoms. The van der Waals surface area contributed by atoms with Crippen LogP contribution in [0.4, 0.5) is 0 Å². The summed E-state index contributed by atoms with van der Waals surface area (Å²) in [5, 5.41) is 11.5. The van der Waals surface area contributed by atoms with Gasteiger partial charge in [-0.25, -0.2) is 0 Å². The maximum Gasteiger partial charge on any atom is 0.0670 e. The molecule has 0 aliphatic heterocycles. The van der Waals surface area contributed by atoms with E-state index in [1.807, 2.05) is 19.2 Å². The van der Waals surface area contributed by atoms with Gasteiger partial charge in [0.1, 0.15) is 0 Å². The minimum Gasteiger partial charge on any atom is -0.360 e. The summed E-state index contributed by atoms with van der Waals surface area (Å²) in [5.74, 6) is 0. The summed E-state index contributed by atoms with van der Waals surface area (Å²) < 4.78 is 0. The molecule has 15 heavy (non-hydrogen) atoms. The van der Waals surface area contributed by atoms with Crippen LogP contribution in [-0.4, -0.2) is 15.2 Å². The molecular weight excluding hydrogens is 186 g/mol. The topological polar surface area (TPSA) is 44.5 Å². The van der Waals surface area contributed by atoms with Crippen molar-refractivity contribution >= 4 is 28.3 Å². The molecule has 2 aromatic heterocycles. The molecule has 0 saturated heterocycles. The molecule has 3 rings (SSSR count). The van der Waals surface area contributed by atoms with Gasteiger partial charge in [-0.3, -0.25) is 5.10 Å². The first kappa shape index (κ1) is 8.29. The molecule has 2 heterocycles. The van der Waals surface area contributed by atoms with Gasteiger partial charge < -0.3 is 4.98 Å². The predicted octanol–water partition coefficient (Wildman–Crippen LogP) is 2.04. The molecule has 0 unspecified atom stereocenters. The fourth-order valence-electron chi connectivity index (χ4n) is 1.99. The van der Waals surface area contributed by atoms with Crippen LogP contribution in [0.2, 0.25) is 0 Å². The third-order valence-corrected chi connectivity index (χ3v) is 2.78. The summed E-state index contributed by atoms with van der Waals surface area (Å²) in [4.78, 5) is 3.25. The average Bonchev–Trinajstić information content (AvgIpc) is 2.63. The molecule has 0 spiro atoms. The molecule has 0 bridgehead atoms. The third kappa shape index (κ3) is 1.03. The van der Waals surface area contributed by atoms with Crippen molar-refractivity contribution in [3.8, 4) is 0 Å². The standard InChI is InChI=1S/C12H11N3/c1-7-9-4-3-5-11-12(9)10(6-13-11)8(2)15-14-7/h3-6,13-14H,1H2,2H3. The molecule has 74 valence electrons. The molecule has 0 fully saturated rings. The fourth-order valence-corrected chi connectivity index (χ4v) is 1.99. The summed E-state index contributed by atoms with van der Waals surface area (Å²) in [6.45, 7) is 5.97. The van der Waals surface area contributed by atoms with Gasteiger partial charge in [0, 0.05) is 27.9 Å². The van der Waals surface area contributed by atoms with Gasteiger partial charge in [-0.05, 0) is 13.0 Å². The van der Waals surface area contributed by atoms with Crippen molar-refractivity contribution in [3.63, 3.8) is 0 Å². The molecule has 2 N–H and O–H groups in total. The Bertz CT molecular complexity index is 704. The maximum atomic E-state index is 4.26. The molecule has 3 nitrogen and oxygen atoms in total. The Hall–Kier alpha value is -2.03. The monoisotopic (exact) mass is 197 g/mol. The maximum absolute atomic E-state index is 4.26. The minimum atomic E-state index is 0.846. The predicted molar refractivity (Wildman–Crippen MR) is 62.2 cm³/mol. The Morgan fingerprint density at radius 3 is 3.00 bits per heavy atom. The second-order valence-electron chi connectivity index (χ2n) is 3.72. The summed E-state index contributed by atoms with van der Waals surface area (Å²) in [5.41, 5.74) is 2.11. The molecule has 0 amide bonds. The summed E-state index contributed by atoms with van der Waals surface area (Å²) in [6.07, 6.45) is 1.99. The lowest BCUT2D eigenvalue weighted by Gasteiger charge is -1.92. The average molecular weight is 197 g/mol. The van der Waals surface area contributed by atoms with Gasteiger partial charge in [-0.15, -0.1) is 0 Å². The molecule has 0 radical (unpaired) electrons. The van der Waals surface area contributed by atoms with Crippen molar-refractivity contribution in [2.24, 2.45) is 0 Å². The Morgan fingerprint density at radius 2 is 2.13 bits per heavy atom. The van der Waals surface area contributed by atoms with E-state index >= 15 is 0 Å². The van der Waals surface area contributed by atoms with Crippen LogP contribution in [0.15, 0.2) is 24.4 Å². The summed E-state index contributed by atoms with van der Waals surface area (Å²) >= 11 is 0. The number of aromatic nitrogens is 3. The number of aromatic amines is 2. The lowest BCUT2D eigenvalue weighted by molar-refractivity contribution is 0.992. The van der Waals surface area contributed by atoms with Gasteiger partial charge in [0.25, 0.3) is 0 Å². The van der Waals surface area contributed by atoms with Crippen LogP contribution in [0.5, 0.6) is 0 Å². The van der Waals surface area contributed by atoms with Crippen LogP contribution in [-0.2, 0) is 0 Å². The Morgan fingerprint density at radius 1 is 1.27 bits per heavy atom. The summed E-state index contributed by atoms with van der Waals surface area (Å²) in [7, 11) is 0. The van der Waals surface area contributed by atoms with Gasteiger partial charge >= 0.3 is 0 Å². The van der Waals surface area contributed by atoms with Crippen molar-refractivity contribution in [1.82, 2.24) is 15.2 Å². The number of hydrogen-bond acceptors (Lipinski definition) is 1. The van der Waals surface area contributed by atoms with Crippen LogP contribution in [0.3, 0.4) is 0 Å². The first-order chi connectivity index (χ1) is 7.27. The lowest BCUT2D eigenvalue weighted by Crippen LogP contribution is -2.02. The van der Waals surface area contributed by atoms with Gasteiger partial charge in [0.2, 0.25) is 0 Å². The van der Waals surface area contributed by atoms with E-state index in [4.69, 9.17) is 0 Å². The van der Waals surface area contributed by atoms with Gasteiger partial charge in [-0.1, -0.05) is 18.7 Å². The largest absolute Gasteiger partial charge is 0.360 e.